The second-order valence-electron chi connectivity index (χ2n) is 2.21. The van der Waals surface area contributed by atoms with Gasteiger partial charge in [-0.25, -0.2) is 4.98 Å². The molecule has 0 aliphatic rings. The van der Waals surface area contributed by atoms with E-state index in [2.05, 4.69) is 4.98 Å². The predicted molar refractivity (Wildman–Crippen MR) is 45.7 cm³/mol. The van der Waals surface area contributed by atoms with E-state index in [1.807, 2.05) is 0 Å². The maximum absolute atomic E-state index is 10.6. The Morgan fingerprint density at radius 3 is 2.57 bits per heavy atom. The molecule has 1 rings (SSSR count). The van der Waals surface area contributed by atoms with E-state index in [-0.39, 0.29) is 0 Å². The van der Waals surface area contributed by atoms with Crippen molar-refractivity contribution in [2.24, 2.45) is 0 Å². The molecule has 0 atom stereocenters. The van der Waals surface area contributed by atoms with Gasteiger partial charge in [0.1, 0.15) is 11.1 Å². The molecular formula is C5H3ClN2O5S. The minimum Gasteiger partial charge on any atom is -0.282 e. The Morgan fingerprint density at radius 2 is 2.14 bits per heavy atom. The Kier molecular flexibility index (Phi) is 2.69. The van der Waals surface area contributed by atoms with Gasteiger partial charge in [0, 0.05) is 6.07 Å². The second kappa shape index (κ2) is 3.48. The average Bonchev–Trinajstić information content (AvgIpc) is 2.02. The summed E-state index contributed by atoms with van der Waals surface area (Å²) < 4.78 is 29.9. The Bertz CT molecular complexity index is 485. The molecule has 1 aromatic heterocycles. The Labute approximate surface area is 83.2 Å². The normalized spacial score (nSPS) is 11.3. The van der Waals surface area contributed by atoms with E-state index < -0.39 is 30.8 Å². The molecule has 14 heavy (non-hydrogen) atoms. The predicted octanol–water partition coefficient (Wildman–Crippen LogP) is 0.890. The fourth-order valence-corrected chi connectivity index (χ4v) is 1.63. The van der Waals surface area contributed by atoms with E-state index in [1.165, 1.54) is 0 Å². The molecule has 0 aliphatic heterocycles. The van der Waals surface area contributed by atoms with Crippen LogP contribution in [-0.4, -0.2) is 22.9 Å². The molecular weight excluding hydrogens is 236 g/mol. The van der Waals surface area contributed by atoms with E-state index in [1.54, 1.807) is 0 Å². The Balaban J connectivity index is 3.44. The molecule has 0 bridgehead atoms. The second-order valence-corrected chi connectivity index (χ2v) is 3.96. The summed E-state index contributed by atoms with van der Waals surface area (Å²) >= 11 is 5.31. The van der Waals surface area contributed by atoms with Crippen LogP contribution in [0.5, 0.6) is 0 Å². The lowest BCUT2D eigenvalue weighted by Crippen LogP contribution is -2.01. The lowest BCUT2D eigenvalue weighted by Gasteiger charge is -1.98. The summed E-state index contributed by atoms with van der Waals surface area (Å²) in [5.74, 6) is 0. The minimum atomic E-state index is -4.59. The highest BCUT2D eigenvalue weighted by Gasteiger charge is 2.20. The van der Waals surface area contributed by atoms with Crippen molar-refractivity contribution in [3.8, 4) is 0 Å². The summed E-state index contributed by atoms with van der Waals surface area (Å²) in [7, 11) is -4.59. The number of nitrogens with zero attached hydrogens (tertiary/aromatic N) is 2. The molecule has 9 heteroatoms. The quantitative estimate of drug-likeness (QED) is 0.354. The Hall–Kier alpha value is -1.25. The van der Waals surface area contributed by atoms with Crippen molar-refractivity contribution in [3.05, 3.63) is 27.5 Å². The first kappa shape index (κ1) is 10.8. The van der Waals surface area contributed by atoms with Crippen LogP contribution < -0.4 is 0 Å². The third kappa shape index (κ3) is 2.16. The number of halogens is 1. The number of aromatic nitrogens is 1. The van der Waals surface area contributed by atoms with Gasteiger partial charge in [0.15, 0.2) is 5.15 Å². The lowest BCUT2D eigenvalue weighted by molar-refractivity contribution is -0.385. The molecule has 7 nitrogen and oxygen atoms in total. The van der Waals surface area contributed by atoms with Gasteiger partial charge < -0.3 is 0 Å². The zero-order chi connectivity index (χ0) is 10.9. The molecule has 1 heterocycles. The summed E-state index contributed by atoms with van der Waals surface area (Å²) in [5.41, 5.74) is -0.568. The van der Waals surface area contributed by atoms with Crippen molar-refractivity contribution in [2.45, 2.75) is 4.90 Å². The molecule has 0 saturated heterocycles. The zero-order valence-corrected chi connectivity index (χ0v) is 7.99. The van der Waals surface area contributed by atoms with Crippen LogP contribution in [0.15, 0.2) is 17.2 Å². The third-order valence-electron chi connectivity index (χ3n) is 1.28. The van der Waals surface area contributed by atoms with Gasteiger partial charge >= 0.3 is 0 Å². The van der Waals surface area contributed by atoms with Crippen LogP contribution >= 0.6 is 11.6 Å². The first-order chi connectivity index (χ1) is 6.32. The van der Waals surface area contributed by atoms with E-state index in [0.717, 1.165) is 6.20 Å². The number of rotatable bonds is 2. The molecule has 0 unspecified atom stereocenters. The van der Waals surface area contributed by atoms with Gasteiger partial charge in [0.05, 0.1) is 4.92 Å². The van der Waals surface area contributed by atoms with Crippen LogP contribution in [0.2, 0.25) is 5.15 Å². The minimum absolute atomic E-state index is 0.516. The number of hydrogen-bond donors (Lipinski definition) is 1. The third-order valence-corrected chi connectivity index (χ3v) is 2.56. The van der Waals surface area contributed by atoms with Crippen molar-refractivity contribution in [1.29, 1.82) is 0 Å². The van der Waals surface area contributed by atoms with Gasteiger partial charge in [-0.15, -0.1) is 0 Å². The van der Waals surface area contributed by atoms with Gasteiger partial charge in [-0.1, -0.05) is 11.6 Å². The Morgan fingerprint density at radius 1 is 1.57 bits per heavy atom. The molecule has 0 aromatic carbocycles. The first-order valence-corrected chi connectivity index (χ1v) is 4.91. The van der Waals surface area contributed by atoms with Gasteiger partial charge in [0.25, 0.3) is 15.8 Å². The lowest BCUT2D eigenvalue weighted by atomic mass is 10.4. The van der Waals surface area contributed by atoms with Crippen molar-refractivity contribution in [1.82, 2.24) is 4.98 Å². The molecule has 1 aromatic rings. The van der Waals surface area contributed by atoms with Crippen molar-refractivity contribution >= 4 is 27.4 Å². The topological polar surface area (TPSA) is 110 Å². The molecule has 1 N–H and O–H groups in total. The summed E-state index contributed by atoms with van der Waals surface area (Å²) in [6, 6.07) is 0.630. The van der Waals surface area contributed by atoms with Crippen LogP contribution in [0.3, 0.4) is 0 Å². The van der Waals surface area contributed by atoms with Crippen LogP contribution in [0.25, 0.3) is 0 Å². The fourth-order valence-electron chi connectivity index (χ4n) is 0.698. The van der Waals surface area contributed by atoms with E-state index >= 15 is 0 Å². The van der Waals surface area contributed by atoms with Crippen LogP contribution in [0.4, 0.5) is 5.69 Å². The average molecular weight is 239 g/mol. The monoisotopic (exact) mass is 238 g/mol. The van der Waals surface area contributed by atoms with Crippen molar-refractivity contribution in [2.75, 3.05) is 0 Å². The SMILES string of the molecule is O=[N+]([O-])c1cnc(Cl)c(S(=O)(=O)O)c1. The number of hydrogen-bond acceptors (Lipinski definition) is 5. The molecule has 0 aliphatic carbocycles. The number of nitro groups is 1. The van der Waals surface area contributed by atoms with Gasteiger partial charge in [0.2, 0.25) is 0 Å². The highest BCUT2D eigenvalue weighted by molar-refractivity contribution is 7.86. The van der Waals surface area contributed by atoms with Crippen LogP contribution in [0, 0.1) is 10.1 Å². The van der Waals surface area contributed by atoms with E-state index in [9.17, 15) is 18.5 Å². The van der Waals surface area contributed by atoms with Crippen LogP contribution in [-0.2, 0) is 10.1 Å². The van der Waals surface area contributed by atoms with Crippen molar-refractivity contribution in [3.63, 3.8) is 0 Å². The van der Waals surface area contributed by atoms with Crippen molar-refractivity contribution < 1.29 is 17.9 Å². The van der Waals surface area contributed by atoms with E-state index in [4.69, 9.17) is 16.2 Å². The first-order valence-electron chi connectivity index (χ1n) is 3.10. The number of pyridine rings is 1. The maximum atomic E-state index is 10.6. The maximum Gasteiger partial charge on any atom is 0.297 e. The van der Waals surface area contributed by atoms with Gasteiger partial charge in [-0.05, 0) is 0 Å². The molecule has 0 radical (unpaired) electrons. The molecule has 0 spiro atoms. The fraction of sp³-hybridized carbons (Fsp3) is 0. The molecule has 76 valence electrons. The smallest absolute Gasteiger partial charge is 0.282 e. The van der Waals surface area contributed by atoms with E-state index in [0.29, 0.717) is 6.07 Å². The van der Waals surface area contributed by atoms with Gasteiger partial charge in [-0.2, -0.15) is 8.42 Å². The van der Waals surface area contributed by atoms with Crippen LogP contribution in [0.1, 0.15) is 0 Å². The van der Waals surface area contributed by atoms with Gasteiger partial charge in [-0.3, -0.25) is 14.7 Å². The highest BCUT2D eigenvalue weighted by Crippen LogP contribution is 2.22. The summed E-state index contributed by atoms with van der Waals surface area (Å²) in [6.07, 6.45) is 0.789. The largest absolute Gasteiger partial charge is 0.297 e. The zero-order valence-electron chi connectivity index (χ0n) is 6.42. The summed E-state index contributed by atoms with van der Waals surface area (Å²) in [4.78, 5) is 11.9. The highest BCUT2D eigenvalue weighted by atomic mass is 35.5. The summed E-state index contributed by atoms with van der Waals surface area (Å²) in [5, 5.41) is 9.72. The summed E-state index contributed by atoms with van der Waals surface area (Å²) in [6.45, 7) is 0. The molecule has 0 saturated carbocycles. The molecule has 0 fully saturated rings. The molecule has 0 amide bonds. The standard InChI is InChI=1S/C5H3ClN2O5S/c6-5-4(14(11,12)13)1-3(2-7-5)8(9)10/h1-2H,(H,11,12,13).